The van der Waals surface area contributed by atoms with Gasteiger partial charge in [-0.3, -0.25) is 9.59 Å². The third kappa shape index (κ3) is 2.87. The normalized spacial score (nSPS) is 22.8. The molecule has 122 valence electrons. The van der Waals surface area contributed by atoms with E-state index >= 15 is 0 Å². The van der Waals surface area contributed by atoms with E-state index in [0.717, 1.165) is 48.3 Å². The van der Waals surface area contributed by atoms with Gasteiger partial charge in [0.2, 0.25) is 5.91 Å². The standard InChI is InChI=1S/C18H22N2O2S/c21-16(19-14-5-6-14)11-18(7-9-23-10-8-18)20-12-13-3-1-2-4-15(13)17(20)22/h1-4,14H,5-12H2,(H,19,21). The average Bonchev–Trinajstić information content (AvgIpc) is 3.30. The molecule has 0 spiro atoms. The van der Waals surface area contributed by atoms with E-state index in [2.05, 4.69) is 5.32 Å². The highest BCUT2D eigenvalue weighted by Crippen LogP contribution is 2.40. The zero-order chi connectivity index (χ0) is 15.9. The molecule has 5 heteroatoms. The van der Waals surface area contributed by atoms with Gasteiger partial charge in [0, 0.05) is 24.6 Å². The monoisotopic (exact) mass is 330 g/mol. The van der Waals surface area contributed by atoms with Crippen LogP contribution in [-0.4, -0.2) is 39.8 Å². The van der Waals surface area contributed by atoms with Crippen LogP contribution < -0.4 is 5.32 Å². The summed E-state index contributed by atoms with van der Waals surface area (Å²) in [4.78, 5) is 27.3. The van der Waals surface area contributed by atoms with Crippen molar-refractivity contribution in [2.45, 2.75) is 50.2 Å². The van der Waals surface area contributed by atoms with Crippen molar-refractivity contribution in [3.63, 3.8) is 0 Å². The van der Waals surface area contributed by atoms with Gasteiger partial charge >= 0.3 is 0 Å². The molecular weight excluding hydrogens is 308 g/mol. The third-order valence-corrected chi connectivity index (χ3v) is 6.24. The number of hydrogen-bond donors (Lipinski definition) is 1. The van der Waals surface area contributed by atoms with Crippen molar-refractivity contribution < 1.29 is 9.59 Å². The Hall–Kier alpha value is -1.49. The van der Waals surface area contributed by atoms with E-state index in [-0.39, 0.29) is 17.4 Å². The molecule has 1 aromatic carbocycles. The van der Waals surface area contributed by atoms with Crippen molar-refractivity contribution in [3.05, 3.63) is 35.4 Å². The number of hydrogen-bond acceptors (Lipinski definition) is 3. The summed E-state index contributed by atoms with van der Waals surface area (Å²) in [7, 11) is 0. The van der Waals surface area contributed by atoms with Crippen LogP contribution in [0.2, 0.25) is 0 Å². The van der Waals surface area contributed by atoms with Crippen LogP contribution >= 0.6 is 11.8 Å². The van der Waals surface area contributed by atoms with E-state index in [1.165, 1.54) is 0 Å². The number of amides is 2. The summed E-state index contributed by atoms with van der Waals surface area (Å²) >= 11 is 1.92. The SMILES string of the molecule is O=C(CC1(N2Cc3ccccc3C2=O)CCSCC1)NC1CC1. The van der Waals surface area contributed by atoms with Gasteiger partial charge in [-0.15, -0.1) is 0 Å². The predicted molar refractivity (Wildman–Crippen MR) is 91.4 cm³/mol. The molecule has 2 fully saturated rings. The number of carbonyl (C=O) groups is 2. The minimum atomic E-state index is -0.305. The Morgan fingerprint density at radius 2 is 2.00 bits per heavy atom. The van der Waals surface area contributed by atoms with Gasteiger partial charge in [-0.1, -0.05) is 18.2 Å². The van der Waals surface area contributed by atoms with Crippen LogP contribution in [0.25, 0.3) is 0 Å². The van der Waals surface area contributed by atoms with E-state index in [0.29, 0.717) is 19.0 Å². The van der Waals surface area contributed by atoms with Crippen LogP contribution in [0.3, 0.4) is 0 Å². The number of rotatable bonds is 4. The van der Waals surface area contributed by atoms with Gasteiger partial charge < -0.3 is 10.2 Å². The molecule has 2 heterocycles. The number of carbonyl (C=O) groups excluding carboxylic acids is 2. The van der Waals surface area contributed by atoms with Crippen molar-refractivity contribution in [1.29, 1.82) is 0 Å². The number of fused-ring (bicyclic) bond motifs is 1. The summed E-state index contributed by atoms with van der Waals surface area (Å²) in [6.07, 6.45) is 4.47. The summed E-state index contributed by atoms with van der Waals surface area (Å²) in [6, 6.07) is 8.22. The summed E-state index contributed by atoms with van der Waals surface area (Å²) in [5.74, 6) is 2.27. The van der Waals surface area contributed by atoms with Crippen molar-refractivity contribution in [3.8, 4) is 0 Å². The van der Waals surface area contributed by atoms with Crippen LogP contribution in [-0.2, 0) is 11.3 Å². The largest absolute Gasteiger partial charge is 0.353 e. The first-order chi connectivity index (χ1) is 11.2. The second kappa shape index (κ2) is 5.86. The molecule has 1 saturated heterocycles. The van der Waals surface area contributed by atoms with Gasteiger partial charge in [0.05, 0.1) is 5.54 Å². The molecule has 1 aliphatic carbocycles. The first kappa shape index (κ1) is 15.1. The van der Waals surface area contributed by atoms with E-state index in [4.69, 9.17) is 0 Å². The van der Waals surface area contributed by atoms with Gasteiger partial charge in [0.15, 0.2) is 0 Å². The summed E-state index contributed by atoms with van der Waals surface area (Å²) in [6.45, 7) is 0.649. The first-order valence-electron chi connectivity index (χ1n) is 8.45. The van der Waals surface area contributed by atoms with E-state index in [9.17, 15) is 9.59 Å². The molecule has 4 rings (SSSR count). The number of thioether (sulfide) groups is 1. The van der Waals surface area contributed by atoms with Crippen LogP contribution in [0.5, 0.6) is 0 Å². The van der Waals surface area contributed by atoms with Crippen molar-refractivity contribution in [2.75, 3.05) is 11.5 Å². The highest BCUT2D eigenvalue weighted by molar-refractivity contribution is 7.99. The Morgan fingerprint density at radius 3 is 2.70 bits per heavy atom. The van der Waals surface area contributed by atoms with Crippen molar-refractivity contribution >= 4 is 23.6 Å². The number of benzene rings is 1. The summed E-state index contributed by atoms with van der Waals surface area (Å²) in [5.41, 5.74) is 1.60. The topological polar surface area (TPSA) is 49.4 Å². The molecule has 0 atom stereocenters. The maximum atomic E-state index is 12.9. The molecule has 0 aromatic heterocycles. The van der Waals surface area contributed by atoms with Gasteiger partial charge in [-0.25, -0.2) is 0 Å². The maximum Gasteiger partial charge on any atom is 0.254 e. The third-order valence-electron chi connectivity index (χ3n) is 5.25. The van der Waals surface area contributed by atoms with Gasteiger partial charge in [0.25, 0.3) is 5.91 Å². The molecule has 0 radical (unpaired) electrons. The fourth-order valence-electron chi connectivity index (χ4n) is 3.74. The van der Waals surface area contributed by atoms with E-state index in [1.54, 1.807) is 0 Å². The number of nitrogens with one attached hydrogen (secondary N) is 1. The molecule has 23 heavy (non-hydrogen) atoms. The smallest absolute Gasteiger partial charge is 0.254 e. The average molecular weight is 330 g/mol. The molecule has 2 aliphatic heterocycles. The van der Waals surface area contributed by atoms with Crippen molar-refractivity contribution in [2.24, 2.45) is 0 Å². The molecule has 3 aliphatic rings. The zero-order valence-electron chi connectivity index (χ0n) is 13.2. The van der Waals surface area contributed by atoms with Gasteiger partial charge in [-0.2, -0.15) is 11.8 Å². The van der Waals surface area contributed by atoms with Crippen molar-refractivity contribution in [1.82, 2.24) is 10.2 Å². The highest BCUT2D eigenvalue weighted by atomic mass is 32.2. The van der Waals surface area contributed by atoms with Gasteiger partial charge in [-0.05, 0) is 48.8 Å². The highest BCUT2D eigenvalue weighted by Gasteiger charge is 2.46. The lowest BCUT2D eigenvalue weighted by Gasteiger charge is -2.44. The first-order valence-corrected chi connectivity index (χ1v) is 9.60. The zero-order valence-corrected chi connectivity index (χ0v) is 14.0. The van der Waals surface area contributed by atoms with E-state index < -0.39 is 0 Å². The lowest BCUT2D eigenvalue weighted by molar-refractivity contribution is -0.124. The lowest BCUT2D eigenvalue weighted by atomic mass is 9.86. The Morgan fingerprint density at radius 1 is 1.26 bits per heavy atom. The molecule has 4 nitrogen and oxygen atoms in total. The fraction of sp³-hybridized carbons (Fsp3) is 0.556. The predicted octanol–water partition coefficient (Wildman–Crippen LogP) is 2.58. The molecular formula is C18H22N2O2S. The molecule has 1 aromatic rings. The van der Waals surface area contributed by atoms with Crippen LogP contribution in [0.15, 0.2) is 24.3 Å². The van der Waals surface area contributed by atoms with Crippen LogP contribution in [0.4, 0.5) is 0 Å². The molecule has 1 N–H and O–H groups in total. The lowest BCUT2D eigenvalue weighted by Crippen LogP contribution is -2.53. The molecule has 0 bridgehead atoms. The minimum absolute atomic E-state index is 0.103. The summed E-state index contributed by atoms with van der Waals surface area (Å²) < 4.78 is 0. The van der Waals surface area contributed by atoms with Crippen LogP contribution in [0, 0.1) is 0 Å². The Balaban J connectivity index is 1.58. The minimum Gasteiger partial charge on any atom is -0.353 e. The summed E-state index contributed by atoms with van der Waals surface area (Å²) in [5, 5.41) is 3.10. The molecule has 1 saturated carbocycles. The number of nitrogens with zero attached hydrogens (tertiary/aromatic N) is 1. The Labute approximate surface area is 141 Å². The second-order valence-electron chi connectivity index (χ2n) is 6.90. The second-order valence-corrected chi connectivity index (χ2v) is 8.13. The van der Waals surface area contributed by atoms with E-state index in [1.807, 2.05) is 40.9 Å². The molecule has 0 unspecified atom stereocenters. The maximum absolute atomic E-state index is 12.9. The van der Waals surface area contributed by atoms with Gasteiger partial charge in [0.1, 0.15) is 0 Å². The molecule has 2 amide bonds. The Bertz CT molecular complexity index is 636. The Kier molecular flexibility index (Phi) is 3.84. The quantitative estimate of drug-likeness (QED) is 0.923. The van der Waals surface area contributed by atoms with Crippen LogP contribution in [0.1, 0.15) is 48.0 Å². The fourth-order valence-corrected chi connectivity index (χ4v) is 4.99.